The topological polar surface area (TPSA) is 32.8 Å². The fourth-order valence-corrected chi connectivity index (χ4v) is 4.77. The number of amides is 1. The molecule has 160 valence electrons. The highest BCUT2D eigenvalue weighted by Gasteiger charge is 2.28. The van der Waals surface area contributed by atoms with Gasteiger partial charge in [0.05, 0.1) is 13.2 Å². The van der Waals surface area contributed by atoms with Crippen LogP contribution in [0.25, 0.3) is 0 Å². The van der Waals surface area contributed by atoms with Crippen molar-refractivity contribution in [2.75, 3.05) is 31.6 Å². The second-order valence-corrected chi connectivity index (χ2v) is 8.85. The van der Waals surface area contributed by atoms with Crippen molar-refractivity contribution < 1.29 is 9.53 Å². The largest absolute Gasteiger partial charge is 0.497 e. The van der Waals surface area contributed by atoms with Crippen LogP contribution in [0.1, 0.15) is 67.4 Å². The minimum Gasteiger partial charge on any atom is -0.497 e. The molecule has 1 amide bonds. The first-order valence-corrected chi connectivity index (χ1v) is 11.5. The quantitative estimate of drug-likeness (QED) is 0.654. The molecule has 0 aromatic heterocycles. The van der Waals surface area contributed by atoms with Crippen LogP contribution in [-0.2, 0) is 0 Å². The Labute approximate surface area is 180 Å². The fraction of sp³-hybridized carbons (Fsp3) is 0.500. The van der Waals surface area contributed by atoms with Gasteiger partial charge in [0.15, 0.2) is 0 Å². The molecule has 1 atom stereocenters. The molecule has 4 rings (SSSR count). The average Bonchev–Trinajstić information content (AvgIpc) is 3.05. The van der Waals surface area contributed by atoms with E-state index in [1.54, 1.807) is 7.11 Å². The predicted octanol–water partition coefficient (Wildman–Crippen LogP) is 5.69. The van der Waals surface area contributed by atoms with E-state index in [1.165, 1.54) is 30.5 Å². The van der Waals surface area contributed by atoms with Crippen molar-refractivity contribution in [1.29, 1.82) is 0 Å². The molecule has 0 aliphatic carbocycles. The number of carbonyl (C=O) groups is 1. The zero-order valence-electron chi connectivity index (χ0n) is 18.3. The van der Waals surface area contributed by atoms with Gasteiger partial charge in [0.25, 0.3) is 5.91 Å². The second-order valence-electron chi connectivity index (χ2n) is 8.85. The molecule has 2 aromatic carbocycles. The number of likely N-dealkylation sites (tertiary alicyclic amines) is 1. The molecule has 4 nitrogen and oxygen atoms in total. The summed E-state index contributed by atoms with van der Waals surface area (Å²) in [5.74, 6) is 1.82. The number of methoxy groups -OCH3 is 1. The van der Waals surface area contributed by atoms with E-state index in [0.29, 0.717) is 0 Å². The summed E-state index contributed by atoms with van der Waals surface area (Å²) in [7, 11) is 1.69. The van der Waals surface area contributed by atoms with E-state index in [9.17, 15) is 4.79 Å². The Hall–Kier alpha value is -2.49. The van der Waals surface area contributed by atoms with E-state index < -0.39 is 0 Å². The molecule has 2 heterocycles. The first-order chi connectivity index (χ1) is 14.7. The molecule has 2 saturated heterocycles. The van der Waals surface area contributed by atoms with E-state index in [1.807, 2.05) is 24.3 Å². The highest BCUT2D eigenvalue weighted by atomic mass is 16.5. The highest BCUT2D eigenvalue weighted by Crippen LogP contribution is 2.33. The molecule has 0 saturated carbocycles. The summed E-state index contributed by atoms with van der Waals surface area (Å²) in [5.41, 5.74) is 3.23. The SMILES string of the molecule is COc1ccc([C@H]2CCCCCN2C(=O)c2ccc(N3CCC(C)CC3)cc2)cc1. The molecule has 30 heavy (non-hydrogen) atoms. The predicted molar refractivity (Wildman–Crippen MR) is 122 cm³/mol. The van der Waals surface area contributed by atoms with Crippen molar-refractivity contribution in [3.05, 3.63) is 59.7 Å². The minimum absolute atomic E-state index is 0.133. The van der Waals surface area contributed by atoms with Crippen LogP contribution in [0.5, 0.6) is 5.75 Å². The molecule has 0 N–H and O–H groups in total. The van der Waals surface area contributed by atoms with Gasteiger partial charge >= 0.3 is 0 Å². The van der Waals surface area contributed by atoms with Gasteiger partial charge in [0.2, 0.25) is 0 Å². The summed E-state index contributed by atoms with van der Waals surface area (Å²) < 4.78 is 5.31. The fourth-order valence-electron chi connectivity index (χ4n) is 4.77. The molecular weight excluding hydrogens is 372 g/mol. The van der Waals surface area contributed by atoms with Crippen molar-refractivity contribution >= 4 is 11.6 Å². The number of hydrogen-bond acceptors (Lipinski definition) is 3. The molecule has 4 heteroatoms. The molecule has 0 radical (unpaired) electrons. The van der Waals surface area contributed by atoms with Gasteiger partial charge in [-0.15, -0.1) is 0 Å². The van der Waals surface area contributed by atoms with Crippen molar-refractivity contribution in [2.45, 2.75) is 51.5 Å². The highest BCUT2D eigenvalue weighted by molar-refractivity contribution is 5.95. The third-order valence-electron chi connectivity index (χ3n) is 6.78. The van der Waals surface area contributed by atoms with Gasteiger partial charge in [-0.25, -0.2) is 0 Å². The Balaban J connectivity index is 1.51. The lowest BCUT2D eigenvalue weighted by Gasteiger charge is -2.33. The number of piperidine rings is 1. The van der Waals surface area contributed by atoms with Gasteiger partial charge in [-0.3, -0.25) is 4.79 Å². The van der Waals surface area contributed by atoms with Crippen LogP contribution >= 0.6 is 0 Å². The van der Waals surface area contributed by atoms with E-state index in [0.717, 1.165) is 56.1 Å². The summed E-state index contributed by atoms with van der Waals surface area (Å²) in [4.78, 5) is 18.0. The number of ether oxygens (including phenoxy) is 1. The Kier molecular flexibility index (Phi) is 6.61. The molecule has 0 spiro atoms. The number of benzene rings is 2. The summed E-state index contributed by atoms with van der Waals surface area (Å²) >= 11 is 0. The van der Waals surface area contributed by atoms with Crippen LogP contribution in [0.15, 0.2) is 48.5 Å². The molecule has 0 bridgehead atoms. The third-order valence-corrected chi connectivity index (χ3v) is 6.78. The Morgan fingerprint density at radius 1 is 0.867 bits per heavy atom. The maximum atomic E-state index is 13.5. The lowest BCUT2D eigenvalue weighted by atomic mass is 9.98. The van der Waals surface area contributed by atoms with Gasteiger partial charge < -0.3 is 14.5 Å². The molecule has 2 aromatic rings. The normalized spacial score (nSPS) is 20.7. The Bertz CT molecular complexity index is 823. The van der Waals surface area contributed by atoms with E-state index in [2.05, 4.69) is 41.0 Å². The molecule has 2 aliphatic rings. The van der Waals surface area contributed by atoms with Crippen molar-refractivity contribution in [3.8, 4) is 5.75 Å². The lowest BCUT2D eigenvalue weighted by molar-refractivity contribution is 0.0681. The lowest BCUT2D eigenvalue weighted by Crippen LogP contribution is -2.35. The van der Waals surface area contributed by atoms with Crippen molar-refractivity contribution in [3.63, 3.8) is 0 Å². The van der Waals surface area contributed by atoms with Gasteiger partial charge in [0.1, 0.15) is 5.75 Å². The van der Waals surface area contributed by atoms with E-state index >= 15 is 0 Å². The average molecular weight is 407 g/mol. The Morgan fingerprint density at radius 3 is 2.23 bits per heavy atom. The molecule has 2 aliphatic heterocycles. The molecule has 2 fully saturated rings. The number of rotatable bonds is 4. The van der Waals surface area contributed by atoms with Crippen LogP contribution in [-0.4, -0.2) is 37.6 Å². The third kappa shape index (κ3) is 4.63. The smallest absolute Gasteiger partial charge is 0.254 e. The van der Waals surface area contributed by atoms with Crippen LogP contribution in [0.2, 0.25) is 0 Å². The van der Waals surface area contributed by atoms with Gasteiger partial charge in [-0.2, -0.15) is 0 Å². The van der Waals surface area contributed by atoms with Crippen LogP contribution < -0.4 is 9.64 Å². The van der Waals surface area contributed by atoms with E-state index in [4.69, 9.17) is 4.74 Å². The first kappa shape index (κ1) is 20.8. The first-order valence-electron chi connectivity index (χ1n) is 11.5. The van der Waals surface area contributed by atoms with Gasteiger partial charge in [-0.1, -0.05) is 31.9 Å². The summed E-state index contributed by atoms with van der Waals surface area (Å²) in [5, 5.41) is 0. The minimum atomic E-state index is 0.133. The standard InChI is InChI=1S/C26H34N2O2/c1-20-15-18-27(19-16-20)23-11-7-22(8-12-23)26(29)28-17-5-3-4-6-25(28)21-9-13-24(30-2)14-10-21/h7-14,20,25H,3-6,15-19H2,1-2H3/t25-/m1/s1. The maximum absolute atomic E-state index is 13.5. The summed E-state index contributed by atoms with van der Waals surface area (Å²) in [6.07, 6.45) is 6.93. The zero-order chi connectivity index (χ0) is 20.9. The van der Waals surface area contributed by atoms with Crippen molar-refractivity contribution in [2.24, 2.45) is 5.92 Å². The van der Waals surface area contributed by atoms with Gasteiger partial charge in [-0.05, 0) is 73.6 Å². The van der Waals surface area contributed by atoms with E-state index in [-0.39, 0.29) is 11.9 Å². The summed E-state index contributed by atoms with van der Waals surface area (Å²) in [6.45, 7) is 5.38. The van der Waals surface area contributed by atoms with Gasteiger partial charge in [0, 0.05) is 30.9 Å². The number of carbonyl (C=O) groups excluding carboxylic acids is 1. The summed E-state index contributed by atoms with van der Waals surface area (Å²) in [6, 6.07) is 16.6. The number of nitrogens with zero attached hydrogens (tertiary/aromatic N) is 2. The monoisotopic (exact) mass is 406 g/mol. The zero-order valence-corrected chi connectivity index (χ0v) is 18.3. The maximum Gasteiger partial charge on any atom is 0.254 e. The number of anilines is 1. The van der Waals surface area contributed by atoms with Crippen LogP contribution in [0, 0.1) is 5.92 Å². The second kappa shape index (κ2) is 9.55. The molecule has 0 unspecified atom stereocenters. The van der Waals surface area contributed by atoms with Crippen molar-refractivity contribution in [1.82, 2.24) is 4.90 Å². The molecular formula is C26H34N2O2. The number of hydrogen-bond donors (Lipinski definition) is 0. The van der Waals surface area contributed by atoms with Crippen LogP contribution in [0.4, 0.5) is 5.69 Å². The van der Waals surface area contributed by atoms with Crippen LogP contribution in [0.3, 0.4) is 0 Å². The Morgan fingerprint density at radius 2 is 1.57 bits per heavy atom.